The summed E-state index contributed by atoms with van der Waals surface area (Å²) in [6.45, 7) is 8.64. The maximum atomic E-state index is 6.20. The summed E-state index contributed by atoms with van der Waals surface area (Å²) >= 11 is 3.62. The average molecular weight is 270 g/mol. The Morgan fingerprint density at radius 3 is 2.40 bits per heavy atom. The van der Waals surface area contributed by atoms with Gasteiger partial charge in [0.2, 0.25) is 0 Å². The minimum atomic E-state index is 0.137. The summed E-state index contributed by atoms with van der Waals surface area (Å²) in [5.41, 5.74) is 9.99. The van der Waals surface area contributed by atoms with E-state index in [1.54, 1.807) is 0 Å². The Bertz CT molecular complexity index is 345. The summed E-state index contributed by atoms with van der Waals surface area (Å²) in [6, 6.07) is 4.50. The SMILES string of the molecule is Cc1cc(C)c(Br)c(C(N)CC(C)C)c1. The fourth-order valence-electron chi connectivity index (χ4n) is 1.89. The summed E-state index contributed by atoms with van der Waals surface area (Å²) < 4.78 is 1.17. The first-order valence-corrected chi connectivity index (χ1v) is 6.23. The van der Waals surface area contributed by atoms with Gasteiger partial charge in [0.05, 0.1) is 0 Å². The van der Waals surface area contributed by atoms with Crippen molar-refractivity contribution < 1.29 is 0 Å². The molecule has 1 nitrogen and oxygen atoms in total. The van der Waals surface area contributed by atoms with Crippen LogP contribution in [0.2, 0.25) is 0 Å². The molecule has 0 aliphatic heterocycles. The number of aryl methyl sites for hydroxylation is 2. The van der Waals surface area contributed by atoms with E-state index in [1.807, 2.05) is 0 Å². The molecule has 2 N–H and O–H groups in total. The van der Waals surface area contributed by atoms with Crippen LogP contribution in [0.15, 0.2) is 16.6 Å². The third-order valence-corrected chi connectivity index (χ3v) is 3.64. The van der Waals surface area contributed by atoms with Crippen molar-refractivity contribution in [2.24, 2.45) is 11.7 Å². The van der Waals surface area contributed by atoms with Gasteiger partial charge in [-0.2, -0.15) is 0 Å². The van der Waals surface area contributed by atoms with Crippen LogP contribution in [0.1, 0.15) is 43.0 Å². The fourth-order valence-corrected chi connectivity index (χ4v) is 2.41. The van der Waals surface area contributed by atoms with E-state index in [4.69, 9.17) is 5.73 Å². The molecule has 0 saturated carbocycles. The van der Waals surface area contributed by atoms with E-state index in [9.17, 15) is 0 Å². The zero-order valence-electron chi connectivity index (χ0n) is 9.97. The van der Waals surface area contributed by atoms with Crippen molar-refractivity contribution in [3.63, 3.8) is 0 Å². The Balaban J connectivity index is 3.02. The Morgan fingerprint density at radius 2 is 1.87 bits per heavy atom. The zero-order valence-corrected chi connectivity index (χ0v) is 11.6. The first-order valence-electron chi connectivity index (χ1n) is 5.44. The highest BCUT2D eigenvalue weighted by Crippen LogP contribution is 2.30. The standard InChI is InChI=1S/C13H20BrN/c1-8(2)5-12(15)11-7-9(3)6-10(4)13(11)14/h6-8,12H,5,15H2,1-4H3. The lowest BCUT2D eigenvalue weighted by atomic mass is 9.95. The molecule has 0 radical (unpaired) electrons. The van der Waals surface area contributed by atoms with Gasteiger partial charge in [-0.25, -0.2) is 0 Å². The van der Waals surface area contributed by atoms with Crippen molar-refractivity contribution in [1.29, 1.82) is 0 Å². The van der Waals surface area contributed by atoms with Gasteiger partial charge in [-0.3, -0.25) is 0 Å². The van der Waals surface area contributed by atoms with Crippen molar-refractivity contribution in [1.82, 2.24) is 0 Å². The molecule has 1 aromatic carbocycles. The van der Waals surface area contributed by atoms with Crippen LogP contribution in [0.5, 0.6) is 0 Å². The summed E-state index contributed by atoms with van der Waals surface area (Å²) in [7, 11) is 0. The molecule has 0 spiro atoms. The third-order valence-electron chi connectivity index (χ3n) is 2.55. The van der Waals surface area contributed by atoms with E-state index in [0.29, 0.717) is 5.92 Å². The molecule has 1 atom stereocenters. The highest BCUT2D eigenvalue weighted by atomic mass is 79.9. The Morgan fingerprint density at radius 1 is 1.27 bits per heavy atom. The summed E-state index contributed by atoms with van der Waals surface area (Å²) in [5.74, 6) is 0.632. The molecule has 0 aliphatic rings. The minimum absolute atomic E-state index is 0.137. The molecule has 1 unspecified atom stereocenters. The number of hydrogen-bond donors (Lipinski definition) is 1. The number of rotatable bonds is 3. The first-order chi connectivity index (χ1) is 6.91. The van der Waals surface area contributed by atoms with E-state index in [0.717, 1.165) is 6.42 Å². The quantitative estimate of drug-likeness (QED) is 0.878. The predicted molar refractivity (Wildman–Crippen MR) is 70.0 cm³/mol. The molecule has 84 valence electrons. The second kappa shape index (κ2) is 5.13. The number of hydrogen-bond acceptors (Lipinski definition) is 1. The average Bonchev–Trinajstić information content (AvgIpc) is 2.09. The van der Waals surface area contributed by atoms with Gasteiger partial charge in [0.15, 0.2) is 0 Å². The lowest BCUT2D eigenvalue weighted by Gasteiger charge is -2.18. The monoisotopic (exact) mass is 269 g/mol. The first kappa shape index (κ1) is 12.7. The lowest BCUT2D eigenvalue weighted by molar-refractivity contribution is 0.508. The van der Waals surface area contributed by atoms with Gasteiger partial charge in [-0.15, -0.1) is 0 Å². The van der Waals surface area contributed by atoms with E-state index in [2.05, 4.69) is 55.8 Å². The van der Waals surface area contributed by atoms with Crippen LogP contribution in [-0.4, -0.2) is 0 Å². The molecule has 1 rings (SSSR count). The summed E-state index contributed by atoms with van der Waals surface area (Å²) in [5, 5.41) is 0. The van der Waals surface area contributed by atoms with Gasteiger partial charge in [-0.05, 0) is 37.3 Å². The van der Waals surface area contributed by atoms with Crippen LogP contribution in [0.25, 0.3) is 0 Å². The number of benzene rings is 1. The Kier molecular flexibility index (Phi) is 4.35. The van der Waals surface area contributed by atoms with Crippen molar-refractivity contribution in [2.45, 2.75) is 40.2 Å². The van der Waals surface area contributed by atoms with Gasteiger partial charge in [0.1, 0.15) is 0 Å². The summed E-state index contributed by atoms with van der Waals surface area (Å²) in [6.07, 6.45) is 1.03. The van der Waals surface area contributed by atoms with Crippen LogP contribution >= 0.6 is 15.9 Å². The molecule has 0 aliphatic carbocycles. The molecule has 2 heteroatoms. The molecule has 1 aromatic rings. The molecule has 0 amide bonds. The molecule has 0 heterocycles. The van der Waals surface area contributed by atoms with Gasteiger partial charge < -0.3 is 5.73 Å². The maximum Gasteiger partial charge on any atom is 0.0308 e. The van der Waals surface area contributed by atoms with Gasteiger partial charge >= 0.3 is 0 Å². The van der Waals surface area contributed by atoms with E-state index >= 15 is 0 Å². The van der Waals surface area contributed by atoms with Crippen LogP contribution in [-0.2, 0) is 0 Å². The molecular formula is C13H20BrN. The van der Waals surface area contributed by atoms with Crippen molar-refractivity contribution in [3.05, 3.63) is 33.3 Å². The van der Waals surface area contributed by atoms with Crippen LogP contribution in [0.3, 0.4) is 0 Å². The molecule has 15 heavy (non-hydrogen) atoms. The topological polar surface area (TPSA) is 26.0 Å². The predicted octanol–water partition coefficient (Wildman–Crippen LogP) is 4.11. The highest BCUT2D eigenvalue weighted by Gasteiger charge is 2.13. The van der Waals surface area contributed by atoms with Crippen molar-refractivity contribution in [2.75, 3.05) is 0 Å². The molecule has 0 aromatic heterocycles. The molecular weight excluding hydrogens is 250 g/mol. The zero-order chi connectivity index (χ0) is 11.6. The highest BCUT2D eigenvalue weighted by molar-refractivity contribution is 9.10. The van der Waals surface area contributed by atoms with Gasteiger partial charge in [-0.1, -0.05) is 47.5 Å². The van der Waals surface area contributed by atoms with Crippen LogP contribution in [0, 0.1) is 19.8 Å². The smallest absolute Gasteiger partial charge is 0.0308 e. The van der Waals surface area contributed by atoms with E-state index in [-0.39, 0.29) is 6.04 Å². The van der Waals surface area contributed by atoms with E-state index in [1.165, 1.54) is 21.2 Å². The largest absolute Gasteiger partial charge is 0.324 e. The van der Waals surface area contributed by atoms with Crippen molar-refractivity contribution in [3.8, 4) is 0 Å². The second-order valence-electron chi connectivity index (χ2n) is 4.72. The second-order valence-corrected chi connectivity index (χ2v) is 5.51. The fraction of sp³-hybridized carbons (Fsp3) is 0.538. The summed E-state index contributed by atoms with van der Waals surface area (Å²) in [4.78, 5) is 0. The van der Waals surface area contributed by atoms with Gasteiger partial charge in [0.25, 0.3) is 0 Å². The van der Waals surface area contributed by atoms with E-state index < -0.39 is 0 Å². The lowest BCUT2D eigenvalue weighted by Crippen LogP contribution is -2.14. The minimum Gasteiger partial charge on any atom is -0.324 e. The van der Waals surface area contributed by atoms with Crippen molar-refractivity contribution >= 4 is 15.9 Å². The third kappa shape index (κ3) is 3.32. The Labute approximate surface area is 101 Å². The Hall–Kier alpha value is -0.340. The normalized spacial score (nSPS) is 13.3. The molecule has 0 bridgehead atoms. The van der Waals surface area contributed by atoms with Crippen LogP contribution < -0.4 is 5.73 Å². The maximum absolute atomic E-state index is 6.20. The van der Waals surface area contributed by atoms with Crippen LogP contribution in [0.4, 0.5) is 0 Å². The van der Waals surface area contributed by atoms with Gasteiger partial charge in [0, 0.05) is 10.5 Å². The molecule has 0 fully saturated rings. The number of nitrogens with two attached hydrogens (primary N) is 1. The number of halogens is 1. The molecule has 0 saturated heterocycles.